The van der Waals surface area contributed by atoms with Crippen molar-refractivity contribution >= 4 is 5.91 Å². The molecule has 0 aromatic heterocycles. The molecule has 1 heterocycles. The van der Waals surface area contributed by atoms with E-state index in [4.69, 9.17) is 4.74 Å². The molecule has 1 amide bonds. The Bertz CT molecular complexity index is 470. The first-order valence-corrected chi connectivity index (χ1v) is 8.44. The molecule has 0 saturated carbocycles. The Morgan fingerprint density at radius 1 is 1.32 bits per heavy atom. The van der Waals surface area contributed by atoms with E-state index in [0.29, 0.717) is 12.3 Å². The van der Waals surface area contributed by atoms with Gasteiger partial charge in [-0.25, -0.2) is 0 Å². The summed E-state index contributed by atoms with van der Waals surface area (Å²) >= 11 is 0. The van der Waals surface area contributed by atoms with E-state index in [1.807, 2.05) is 30.0 Å². The maximum Gasteiger partial charge on any atom is 0.223 e. The number of benzene rings is 1. The predicted molar refractivity (Wildman–Crippen MR) is 89.9 cm³/mol. The molecule has 0 bridgehead atoms. The molecule has 1 aliphatic rings. The van der Waals surface area contributed by atoms with Gasteiger partial charge in [-0.05, 0) is 36.7 Å². The summed E-state index contributed by atoms with van der Waals surface area (Å²) in [6.07, 6.45) is 2.83. The molecule has 3 heteroatoms. The Morgan fingerprint density at radius 2 is 2.05 bits per heavy atom. The zero-order chi connectivity index (χ0) is 16.0. The SMILES string of the molecule is CCOCC1CCCN(C(=O)CC(C)(C)c2ccccc2)C1. The van der Waals surface area contributed by atoms with Crippen LogP contribution in [0.25, 0.3) is 0 Å². The zero-order valence-electron chi connectivity index (χ0n) is 14.2. The summed E-state index contributed by atoms with van der Waals surface area (Å²) in [4.78, 5) is 14.7. The van der Waals surface area contributed by atoms with Gasteiger partial charge < -0.3 is 9.64 Å². The van der Waals surface area contributed by atoms with Crippen molar-refractivity contribution in [1.29, 1.82) is 0 Å². The minimum Gasteiger partial charge on any atom is -0.381 e. The van der Waals surface area contributed by atoms with Crippen molar-refractivity contribution in [3.8, 4) is 0 Å². The van der Waals surface area contributed by atoms with E-state index in [-0.39, 0.29) is 11.3 Å². The van der Waals surface area contributed by atoms with E-state index in [9.17, 15) is 4.79 Å². The highest BCUT2D eigenvalue weighted by Gasteiger charge is 2.29. The number of nitrogens with zero attached hydrogens (tertiary/aromatic N) is 1. The van der Waals surface area contributed by atoms with E-state index >= 15 is 0 Å². The summed E-state index contributed by atoms with van der Waals surface area (Å²) < 4.78 is 5.53. The lowest BCUT2D eigenvalue weighted by atomic mass is 9.81. The maximum atomic E-state index is 12.7. The van der Waals surface area contributed by atoms with E-state index in [1.54, 1.807) is 0 Å². The lowest BCUT2D eigenvalue weighted by Crippen LogP contribution is -2.43. The summed E-state index contributed by atoms with van der Waals surface area (Å²) in [5, 5.41) is 0. The lowest BCUT2D eigenvalue weighted by molar-refractivity contribution is -0.134. The van der Waals surface area contributed by atoms with Crippen LogP contribution in [0.1, 0.15) is 45.6 Å². The number of rotatable bonds is 6. The Morgan fingerprint density at radius 3 is 2.73 bits per heavy atom. The summed E-state index contributed by atoms with van der Waals surface area (Å²) in [5.41, 5.74) is 1.11. The summed E-state index contributed by atoms with van der Waals surface area (Å²) in [7, 11) is 0. The Labute approximate surface area is 134 Å². The third kappa shape index (κ3) is 4.57. The van der Waals surface area contributed by atoms with Crippen molar-refractivity contribution in [3.63, 3.8) is 0 Å². The summed E-state index contributed by atoms with van der Waals surface area (Å²) in [5.74, 6) is 0.771. The third-order valence-electron chi connectivity index (χ3n) is 4.58. The van der Waals surface area contributed by atoms with Gasteiger partial charge in [0.05, 0.1) is 6.61 Å². The highest BCUT2D eigenvalue weighted by atomic mass is 16.5. The number of hydrogen-bond acceptors (Lipinski definition) is 2. The standard InChI is InChI=1S/C19H29NO2/c1-4-22-15-16-9-8-12-20(14-16)18(21)13-19(2,3)17-10-6-5-7-11-17/h5-7,10-11,16H,4,8-9,12-15H2,1-3H3. The second-order valence-electron chi connectivity index (χ2n) is 6.93. The zero-order valence-corrected chi connectivity index (χ0v) is 14.2. The third-order valence-corrected chi connectivity index (χ3v) is 4.58. The van der Waals surface area contributed by atoms with Gasteiger partial charge in [0.2, 0.25) is 5.91 Å². The first kappa shape index (κ1) is 17.0. The van der Waals surface area contributed by atoms with Crippen LogP contribution in [0.5, 0.6) is 0 Å². The highest BCUT2D eigenvalue weighted by molar-refractivity contribution is 5.77. The van der Waals surface area contributed by atoms with Crippen LogP contribution in [0.3, 0.4) is 0 Å². The van der Waals surface area contributed by atoms with Crippen LogP contribution < -0.4 is 0 Å². The van der Waals surface area contributed by atoms with Crippen molar-refractivity contribution in [2.24, 2.45) is 5.92 Å². The summed E-state index contributed by atoms with van der Waals surface area (Å²) in [6.45, 7) is 9.61. The van der Waals surface area contributed by atoms with E-state index in [0.717, 1.165) is 32.7 Å². The van der Waals surface area contributed by atoms with Crippen LogP contribution in [0.2, 0.25) is 0 Å². The fourth-order valence-electron chi connectivity index (χ4n) is 3.19. The minimum atomic E-state index is -0.120. The second kappa shape index (κ2) is 7.77. The number of carbonyl (C=O) groups excluding carboxylic acids is 1. The number of likely N-dealkylation sites (tertiary alicyclic amines) is 1. The van der Waals surface area contributed by atoms with E-state index in [1.165, 1.54) is 12.0 Å². The molecule has 1 atom stereocenters. The van der Waals surface area contributed by atoms with Crippen LogP contribution in [-0.4, -0.2) is 37.1 Å². The van der Waals surface area contributed by atoms with Crippen molar-refractivity contribution in [3.05, 3.63) is 35.9 Å². The molecule has 2 rings (SSSR count). The van der Waals surface area contributed by atoms with Gasteiger partial charge in [0.25, 0.3) is 0 Å². The van der Waals surface area contributed by atoms with E-state index < -0.39 is 0 Å². The molecule has 1 saturated heterocycles. The van der Waals surface area contributed by atoms with Gasteiger partial charge in [-0.1, -0.05) is 44.2 Å². The molecule has 1 fully saturated rings. The number of hydrogen-bond donors (Lipinski definition) is 0. The smallest absolute Gasteiger partial charge is 0.223 e. The van der Waals surface area contributed by atoms with Crippen LogP contribution in [0, 0.1) is 5.92 Å². The van der Waals surface area contributed by atoms with Gasteiger partial charge in [-0.3, -0.25) is 4.79 Å². The van der Waals surface area contributed by atoms with Gasteiger partial charge in [-0.2, -0.15) is 0 Å². The van der Waals surface area contributed by atoms with Crippen LogP contribution in [-0.2, 0) is 14.9 Å². The molecule has 1 aliphatic heterocycles. The largest absolute Gasteiger partial charge is 0.381 e. The topological polar surface area (TPSA) is 29.5 Å². The van der Waals surface area contributed by atoms with Crippen molar-refractivity contribution in [2.45, 2.75) is 45.4 Å². The Balaban J connectivity index is 1.93. The average Bonchev–Trinajstić information content (AvgIpc) is 2.53. The molecule has 0 radical (unpaired) electrons. The molecule has 1 aromatic rings. The van der Waals surface area contributed by atoms with Crippen LogP contribution in [0.4, 0.5) is 0 Å². The molecule has 0 N–H and O–H groups in total. The fraction of sp³-hybridized carbons (Fsp3) is 0.632. The summed E-state index contributed by atoms with van der Waals surface area (Å²) in [6, 6.07) is 10.3. The number of carbonyl (C=O) groups is 1. The number of amides is 1. The van der Waals surface area contributed by atoms with Crippen LogP contribution >= 0.6 is 0 Å². The van der Waals surface area contributed by atoms with Gasteiger partial charge in [0, 0.05) is 26.1 Å². The molecule has 1 unspecified atom stereocenters. The quantitative estimate of drug-likeness (QED) is 0.803. The molecular formula is C19H29NO2. The molecule has 3 nitrogen and oxygen atoms in total. The first-order chi connectivity index (χ1) is 10.5. The predicted octanol–water partition coefficient (Wildman–Crippen LogP) is 3.63. The average molecular weight is 303 g/mol. The molecule has 122 valence electrons. The minimum absolute atomic E-state index is 0.120. The Kier molecular flexibility index (Phi) is 6.01. The number of piperidine rings is 1. The van der Waals surface area contributed by atoms with Crippen molar-refractivity contribution in [1.82, 2.24) is 4.90 Å². The molecular weight excluding hydrogens is 274 g/mol. The second-order valence-corrected chi connectivity index (χ2v) is 6.93. The normalized spacial score (nSPS) is 19.2. The highest BCUT2D eigenvalue weighted by Crippen LogP contribution is 2.28. The van der Waals surface area contributed by atoms with Gasteiger partial charge in [0.15, 0.2) is 0 Å². The van der Waals surface area contributed by atoms with E-state index in [2.05, 4.69) is 26.0 Å². The molecule has 22 heavy (non-hydrogen) atoms. The molecule has 0 aliphatic carbocycles. The first-order valence-electron chi connectivity index (χ1n) is 8.44. The molecule has 0 spiro atoms. The maximum absolute atomic E-state index is 12.7. The van der Waals surface area contributed by atoms with Gasteiger partial charge in [-0.15, -0.1) is 0 Å². The lowest BCUT2D eigenvalue weighted by Gasteiger charge is -2.35. The van der Waals surface area contributed by atoms with Crippen LogP contribution in [0.15, 0.2) is 30.3 Å². The van der Waals surface area contributed by atoms with Gasteiger partial charge >= 0.3 is 0 Å². The monoisotopic (exact) mass is 303 g/mol. The van der Waals surface area contributed by atoms with Crippen molar-refractivity contribution < 1.29 is 9.53 Å². The Hall–Kier alpha value is -1.35. The fourth-order valence-corrected chi connectivity index (χ4v) is 3.19. The molecule has 1 aromatic carbocycles. The van der Waals surface area contributed by atoms with Gasteiger partial charge in [0.1, 0.15) is 0 Å². The number of ether oxygens (including phenoxy) is 1. The van der Waals surface area contributed by atoms with Crippen molar-refractivity contribution in [2.75, 3.05) is 26.3 Å².